The van der Waals surface area contributed by atoms with Gasteiger partial charge in [0.25, 0.3) is 0 Å². The summed E-state index contributed by atoms with van der Waals surface area (Å²) in [4.78, 5) is 0. The van der Waals surface area contributed by atoms with Crippen LogP contribution in [-0.4, -0.2) is 20.3 Å². The second kappa shape index (κ2) is 8.44. The monoisotopic (exact) mass is 299 g/mol. The predicted octanol–water partition coefficient (Wildman–Crippen LogP) is 3.91. The van der Waals surface area contributed by atoms with Crippen molar-refractivity contribution in [2.24, 2.45) is 5.73 Å². The summed E-state index contributed by atoms with van der Waals surface area (Å²) < 4.78 is 11.0. The average Bonchev–Trinajstić information content (AvgIpc) is 2.55. The molecule has 118 valence electrons. The zero-order chi connectivity index (χ0) is 15.8. The average molecular weight is 299 g/mol. The molecule has 0 saturated heterocycles. The molecule has 0 fully saturated rings. The summed E-state index contributed by atoms with van der Waals surface area (Å²) in [6, 6.07) is 16.3. The first-order valence-electron chi connectivity index (χ1n) is 7.76. The van der Waals surface area contributed by atoms with Gasteiger partial charge in [-0.25, -0.2) is 0 Å². The molecule has 0 spiro atoms. The lowest BCUT2D eigenvalue weighted by atomic mass is 9.94. The van der Waals surface area contributed by atoms with E-state index in [0.717, 1.165) is 30.9 Å². The van der Waals surface area contributed by atoms with Gasteiger partial charge in [0.15, 0.2) is 0 Å². The van der Waals surface area contributed by atoms with E-state index in [2.05, 4.69) is 31.2 Å². The van der Waals surface area contributed by atoms with E-state index >= 15 is 0 Å². The van der Waals surface area contributed by atoms with E-state index < -0.39 is 0 Å². The van der Waals surface area contributed by atoms with E-state index in [-0.39, 0.29) is 0 Å². The molecule has 0 saturated carbocycles. The van der Waals surface area contributed by atoms with Crippen LogP contribution < -0.4 is 15.2 Å². The third kappa shape index (κ3) is 4.78. The van der Waals surface area contributed by atoms with Crippen molar-refractivity contribution < 1.29 is 9.47 Å². The lowest BCUT2D eigenvalue weighted by Gasteiger charge is -2.16. The van der Waals surface area contributed by atoms with E-state index in [1.165, 1.54) is 11.1 Å². The Labute approximate surface area is 133 Å². The van der Waals surface area contributed by atoms with Gasteiger partial charge in [0.2, 0.25) is 0 Å². The number of methoxy groups -OCH3 is 1. The van der Waals surface area contributed by atoms with E-state index in [4.69, 9.17) is 15.2 Å². The third-order valence-corrected chi connectivity index (χ3v) is 3.83. The number of ether oxygens (including phenoxy) is 2. The fourth-order valence-corrected chi connectivity index (χ4v) is 2.52. The van der Waals surface area contributed by atoms with E-state index in [1.807, 2.05) is 24.3 Å². The van der Waals surface area contributed by atoms with Gasteiger partial charge in [-0.15, -0.1) is 0 Å². The van der Waals surface area contributed by atoms with Crippen LogP contribution in [0.4, 0.5) is 0 Å². The van der Waals surface area contributed by atoms with Gasteiger partial charge in [-0.2, -0.15) is 0 Å². The first kappa shape index (κ1) is 16.4. The second-order valence-electron chi connectivity index (χ2n) is 5.51. The summed E-state index contributed by atoms with van der Waals surface area (Å²) >= 11 is 0. The maximum absolute atomic E-state index is 5.92. The van der Waals surface area contributed by atoms with Crippen molar-refractivity contribution >= 4 is 0 Å². The van der Waals surface area contributed by atoms with Crippen LogP contribution in [0, 0.1) is 6.92 Å². The number of benzene rings is 2. The Morgan fingerprint density at radius 2 is 1.82 bits per heavy atom. The normalized spacial score (nSPS) is 12.0. The Bertz CT molecular complexity index is 566. The minimum Gasteiger partial charge on any atom is -0.497 e. The maximum atomic E-state index is 5.92. The molecule has 2 rings (SSSR count). The summed E-state index contributed by atoms with van der Waals surface area (Å²) in [6.07, 6.45) is 2.01. The Hall–Kier alpha value is -2.00. The zero-order valence-corrected chi connectivity index (χ0v) is 13.4. The van der Waals surface area contributed by atoms with Crippen LogP contribution in [0.15, 0.2) is 48.5 Å². The molecular weight excluding hydrogens is 274 g/mol. The number of hydrogen-bond acceptors (Lipinski definition) is 3. The Kier molecular flexibility index (Phi) is 6.28. The molecule has 2 aromatic rings. The molecule has 0 aliphatic rings. The van der Waals surface area contributed by atoms with Crippen LogP contribution in [0.25, 0.3) is 0 Å². The third-order valence-electron chi connectivity index (χ3n) is 3.83. The number of nitrogens with two attached hydrogens (primary N) is 1. The molecule has 3 nitrogen and oxygen atoms in total. The summed E-state index contributed by atoms with van der Waals surface area (Å²) in [5, 5.41) is 0. The highest BCUT2D eigenvalue weighted by Crippen LogP contribution is 2.23. The molecule has 22 heavy (non-hydrogen) atoms. The van der Waals surface area contributed by atoms with Gasteiger partial charge in [-0.05, 0) is 67.6 Å². The SMILES string of the molecule is COc1ccc(C(CN)CCCOc2cccc(C)c2)cc1. The number of aryl methyl sites for hydroxylation is 1. The van der Waals surface area contributed by atoms with Gasteiger partial charge in [-0.3, -0.25) is 0 Å². The van der Waals surface area contributed by atoms with Crippen molar-refractivity contribution in [1.29, 1.82) is 0 Å². The Balaban J connectivity index is 1.80. The number of rotatable bonds is 8. The topological polar surface area (TPSA) is 44.5 Å². The van der Waals surface area contributed by atoms with Crippen LogP contribution in [0.1, 0.15) is 29.9 Å². The van der Waals surface area contributed by atoms with Crippen LogP contribution in [0.3, 0.4) is 0 Å². The molecule has 0 heterocycles. The molecule has 2 N–H and O–H groups in total. The smallest absolute Gasteiger partial charge is 0.119 e. The minimum atomic E-state index is 0.368. The fourth-order valence-electron chi connectivity index (χ4n) is 2.52. The van der Waals surface area contributed by atoms with Crippen LogP contribution in [0.2, 0.25) is 0 Å². The van der Waals surface area contributed by atoms with Crippen molar-refractivity contribution in [3.05, 3.63) is 59.7 Å². The highest BCUT2D eigenvalue weighted by molar-refractivity contribution is 5.29. The van der Waals surface area contributed by atoms with Crippen molar-refractivity contribution in [1.82, 2.24) is 0 Å². The van der Waals surface area contributed by atoms with Gasteiger partial charge < -0.3 is 15.2 Å². The van der Waals surface area contributed by atoms with Crippen LogP contribution in [-0.2, 0) is 0 Å². The molecule has 3 heteroatoms. The van der Waals surface area contributed by atoms with Crippen LogP contribution in [0.5, 0.6) is 11.5 Å². The first-order valence-corrected chi connectivity index (χ1v) is 7.76. The van der Waals surface area contributed by atoms with Gasteiger partial charge in [0, 0.05) is 0 Å². The predicted molar refractivity (Wildman–Crippen MR) is 90.7 cm³/mol. The van der Waals surface area contributed by atoms with Gasteiger partial charge in [-0.1, -0.05) is 24.3 Å². The van der Waals surface area contributed by atoms with Crippen molar-refractivity contribution in [2.75, 3.05) is 20.3 Å². The molecule has 1 unspecified atom stereocenters. The first-order chi connectivity index (χ1) is 10.7. The van der Waals surface area contributed by atoms with Crippen molar-refractivity contribution in [2.45, 2.75) is 25.7 Å². The standard InChI is InChI=1S/C19H25NO2/c1-15-5-3-7-19(13-15)22-12-4-6-17(14-20)16-8-10-18(21-2)11-9-16/h3,5,7-11,13,17H,4,6,12,14,20H2,1-2H3. The molecule has 0 amide bonds. The fraction of sp³-hybridized carbons (Fsp3) is 0.368. The summed E-state index contributed by atoms with van der Waals surface area (Å²) in [5.74, 6) is 2.18. The maximum Gasteiger partial charge on any atom is 0.119 e. The lowest BCUT2D eigenvalue weighted by Crippen LogP contribution is -2.13. The van der Waals surface area contributed by atoms with E-state index in [9.17, 15) is 0 Å². The molecule has 0 aromatic heterocycles. The molecule has 0 aliphatic heterocycles. The van der Waals surface area contributed by atoms with Gasteiger partial charge >= 0.3 is 0 Å². The van der Waals surface area contributed by atoms with Gasteiger partial charge in [0.05, 0.1) is 13.7 Å². The molecule has 0 aliphatic carbocycles. The van der Waals surface area contributed by atoms with Crippen molar-refractivity contribution in [3.8, 4) is 11.5 Å². The Morgan fingerprint density at radius 1 is 1.05 bits per heavy atom. The minimum absolute atomic E-state index is 0.368. The lowest BCUT2D eigenvalue weighted by molar-refractivity contribution is 0.301. The van der Waals surface area contributed by atoms with Gasteiger partial charge in [0.1, 0.15) is 11.5 Å². The molecule has 2 aromatic carbocycles. The summed E-state index contributed by atoms with van der Waals surface area (Å²) in [6.45, 7) is 3.44. The molecule has 1 atom stereocenters. The summed E-state index contributed by atoms with van der Waals surface area (Å²) in [5.41, 5.74) is 8.40. The number of hydrogen-bond donors (Lipinski definition) is 1. The highest BCUT2D eigenvalue weighted by Gasteiger charge is 2.09. The molecular formula is C19H25NO2. The second-order valence-corrected chi connectivity index (χ2v) is 5.51. The molecule has 0 radical (unpaired) electrons. The summed E-state index contributed by atoms with van der Waals surface area (Å²) in [7, 11) is 1.68. The van der Waals surface area contributed by atoms with Crippen molar-refractivity contribution in [3.63, 3.8) is 0 Å². The Morgan fingerprint density at radius 3 is 2.45 bits per heavy atom. The molecule has 0 bridgehead atoms. The highest BCUT2D eigenvalue weighted by atomic mass is 16.5. The largest absolute Gasteiger partial charge is 0.497 e. The zero-order valence-electron chi connectivity index (χ0n) is 13.4. The van der Waals surface area contributed by atoms with E-state index in [1.54, 1.807) is 7.11 Å². The van der Waals surface area contributed by atoms with E-state index in [0.29, 0.717) is 12.5 Å². The van der Waals surface area contributed by atoms with Crippen LogP contribution >= 0.6 is 0 Å². The quantitative estimate of drug-likeness (QED) is 0.752.